The van der Waals surface area contributed by atoms with E-state index in [1.54, 1.807) is 11.3 Å². The third-order valence-corrected chi connectivity index (χ3v) is 10.5. The van der Waals surface area contributed by atoms with Crippen molar-refractivity contribution in [3.63, 3.8) is 0 Å². The van der Waals surface area contributed by atoms with E-state index in [0.717, 1.165) is 69.8 Å². The number of hydrogen-bond acceptors (Lipinski definition) is 4. The summed E-state index contributed by atoms with van der Waals surface area (Å²) in [4.78, 5) is 44.1. The van der Waals surface area contributed by atoms with Crippen LogP contribution in [-0.4, -0.2) is 23.8 Å². The van der Waals surface area contributed by atoms with Crippen molar-refractivity contribution >= 4 is 34.1 Å². The number of amides is 3. The van der Waals surface area contributed by atoms with Gasteiger partial charge in [-0.05, 0) is 82.6 Å². The van der Waals surface area contributed by atoms with Crippen LogP contribution in [0.1, 0.15) is 98.9 Å². The van der Waals surface area contributed by atoms with Gasteiger partial charge >= 0.3 is 0 Å². The highest BCUT2D eigenvalue weighted by molar-refractivity contribution is 7.17. The van der Waals surface area contributed by atoms with Gasteiger partial charge in [-0.2, -0.15) is 0 Å². The third kappa shape index (κ3) is 3.35. The molecule has 0 radical (unpaired) electrons. The first-order valence-electron chi connectivity index (χ1n) is 13.5. The first-order chi connectivity index (χ1) is 16.5. The lowest BCUT2D eigenvalue weighted by Gasteiger charge is -2.24. The number of allylic oxidation sites excluding steroid dienone is 2. The Hall–Kier alpha value is -1.95. The zero-order valence-corrected chi connectivity index (χ0v) is 21.3. The van der Waals surface area contributed by atoms with Gasteiger partial charge in [0.15, 0.2) is 0 Å². The first-order valence-corrected chi connectivity index (χ1v) is 14.3. The van der Waals surface area contributed by atoms with Gasteiger partial charge in [-0.15, -0.1) is 11.3 Å². The van der Waals surface area contributed by atoms with E-state index >= 15 is 0 Å². The molecule has 0 spiro atoms. The van der Waals surface area contributed by atoms with Gasteiger partial charge in [-0.1, -0.05) is 36.8 Å². The van der Waals surface area contributed by atoms with E-state index in [0.29, 0.717) is 10.6 Å². The molecule has 1 aromatic heterocycles. The Kier molecular flexibility index (Phi) is 5.70. The lowest BCUT2D eigenvalue weighted by molar-refractivity contribution is -0.122. The molecule has 1 aliphatic heterocycles. The van der Waals surface area contributed by atoms with Gasteiger partial charge < -0.3 is 5.32 Å². The van der Waals surface area contributed by atoms with Crippen molar-refractivity contribution in [3.8, 4) is 0 Å². The highest BCUT2D eigenvalue weighted by Crippen LogP contribution is 2.61. The second-order valence-corrected chi connectivity index (χ2v) is 12.4. The van der Waals surface area contributed by atoms with Crippen LogP contribution in [-0.2, 0) is 22.4 Å². The minimum Gasteiger partial charge on any atom is -0.349 e. The SMILES string of the molecule is CC(C)=C1[C@@H]2CC[C@@H]1[C@H]1C(=O)N(c3sc4c(c3C(=O)NC3CCCCC3)CCCCC4)C(=O)[C@@H]12. The Bertz CT molecular complexity index is 1040. The van der Waals surface area contributed by atoms with Crippen molar-refractivity contribution in [2.75, 3.05) is 4.90 Å². The summed E-state index contributed by atoms with van der Waals surface area (Å²) in [6, 6.07) is 0.204. The molecule has 1 N–H and O–H groups in total. The van der Waals surface area contributed by atoms with Gasteiger partial charge in [0, 0.05) is 10.9 Å². The highest BCUT2D eigenvalue weighted by Gasteiger charge is 2.64. The predicted octanol–water partition coefficient (Wildman–Crippen LogP) is 5.56. The molecule has 3 saturated carbocycles. The van der Waals surface area contributed by atoms with Crippen molar-refractivity contribution in [3.05, 3.63) is 27.2 Å². The average molecular weight is 481 g/mol. The maximum Gasteiger partial charge on any atom is 0.254 e. The fourth-order valence-electron chi connectivity index (χ4n) is 7.82. The molecule has 0 aromatic carbocycles. The normalized spacial score (nSPS) is 31.0. The zero-order valence-electron chi connectivity index (χ0n) is 20.5. The average Bonchev–Trinajstić information content (AvgIpc) is 3.50. The van der Waals surface area contributed by atoms with E-state index in [9.17, 15) is 14.4 Å². The second-order valence-electron chi connectivity index (χ2n) is 11.4. The summed E-state index contributed by atoms with van der Waals surface area (Å²) < 4.78 is 0. The Balaban J connectivity index is 1.38. The molecular formula is C28H36N2O3S. The van der Waals surface area contributed by atoms with Gasteiger partial charge in [0.1, 0.15) is 5.00 Å². The zero-order chi connectivity index (χ0) is 23.6. The van der Waals surface area contributed by atoms with Crippen LogP contribution in [0.4, 0.5) is 5.00 Å². The fourth-order valence-corrected chi connectivity index (χ4v) is 9.21. The Morgan fingerprint density at radius 1 is 0.853 bits per heavy atom. The molecule has 5 nitrogen and oxygen atoms in total. The van der Waals surface area contributed by atoms with Crippen LogP contribution in [0.5, 0.6) is 0 Å². The third-order valence-electron chi connectivity index (χ3n) is 9.20. The second kappa shape index (κ2) is 8.61. The number of rotatable bonds is 3. The molecule has 4 atom stereocenters. The minimum absolute atomic E-state index is 0.0518. The number of imide groups is 1. The number of nitrogens with zero attached hydrogens (tertiary/aromatic N) is 1. The molecule has 34 heavy (non-hydrogen) atoms. The fraction of sp³-hybridized carbons (Fsp3) is 0.679. The molecule has 1 aromatic rings. The summed E-state index contributed by atoms with van der Waals surface area (Å²) >= 11 is 1.55. The van der Waals surface area contributed by atoms with Crippen molar-refractivity contribution < 1.29 is 14.4 Å². The van der Waals surface area contributed by atoms with E-state index in [2.05, 4.69) is 19.2 Å². The summed E-state index contributed by atoms with van der Waals surface area (Å²) in [5, 5.41) is 3.93. The van der Waals surface area contributed by atoms with Crippen LogP contribution >= 0.6 is 11.3 Å². The van der Waals surface area contributed by atoms with Gasteiger partial charge in [0.25, 0.3) is 5.91 Å². The Morgan fingerprint density at radius 3 is 2.12 bits per heavy atom. The highest BCUT2D eigenvalue weighted by atomic mass is 32.1. The Morgan fingerprint density at radius 2 is 1.47 bits per heavy atom. The summed E-state index contributed by atoms with van der Waals surface area (Å²) in [5.74, 6) is -0.211. The summed E-state index contributed by atoms with van der Waals surface area (Å²) in [5.41, 5.74) is 4.40. The van der Waals surface area contributed by atoms with Crippen LogP contribution in [0.2, 0.25) is 0 Å². The Labute approximate surface area is 206 Å². The van der Waals surface area contributed by atoms with Crippen LogP contribution in [0.15, 0.2) is 11.1 Å². The number of hydrogen-bond donors (Lipinski definition) is 1. The number of anilines is 1. The van der Waals surface area contributed by atoms with Crippen molar-refractivity contribution in [1.82, 2.24) is 5.32 Å². The summed E-state index contributed by atoms with van der Waals surface area (Å²) in [6.45, 7) is 4.25. The van der Waals surface area contributed by atoms with Gasteiger partial charge in [-0.3, -0.25) is 14.4 Å². The van der Waals surface area contributed by atoms with Gasteiger partial charge in [0.2, 0.25) is 11.8 Å². The van der Waals surface area contributed by atoms with E-state index < -0.39 is 0 Å². The molecule has 4 fully saturated rings. The molecule has 0 unspecified atom stereocenters. The first kappa shape index (κ1) is 22.5. The van der Waals surface area contributed by atoms with Crippen LogP contribution in [0, 0.1) is 23.7 Å². The van der Waals surface area contributed by atoms with Crippen molar-refractivity contribution in [2.24, 2.45) is 23.7 Å². The topological polar surface area (TPSA) is 66.5 Å². The molecule has 2 bridgehead atoms. The summed E-state index contributed by atoms with van der Waals surface area (Å²) in [6.07, 6.45) is 12.8. The molecule has 5 aliphatic rings. The van der Waals surface area contributed by atoms with E-state index in [-0.39, 0.29) is 47.4 Å². The number of thiophene rings is 1. The lowest BCUT2D eigenvalue weighted by atomic mass is 9.81. The molecule has 182 valence electrons. The van der Waals surface area contributed by atoms with Crippen LogP contribution in [0.3, 0.4) is 0 Å². The number of aryl methyl sites for hydroxylation is 1. The van der Waals surface area contributed by atoms with Crippen LogP contribution in [0.25, 0.3) is 0 Å². The molecule has 4 aliphatic carbocycles. The molecular weight excluding hydrogens is 444 g/mol. The van der Waals surface area contributed by atoms with Crippen molar-refractivity contribution in [1.29, 1.82) is 0 Å². The number of carbonyl (C=O) groups excluding carboxylic acids is 3. The lowest BCUT2D eigenvalue weighted by Crippen LogP contribution is -2.38. The molecule has 3 amide bonds. The van der Waals surface area contributed by atoms with Gasteiger partial charge in [-0.25, -0.2) is 4.90 Å². The molecule has 6 heteroatoms. The quantitative estimate of drug-likeness (QED) is 0.350. The number of nitrogens with one attached hydrogen (secondary N) is 1. The molecule has 2 heterocycles. The summed E-state index contributed by atoms with van der Waals surface area (Å²) in [7, 11) is 0. The van der Waals surface area contributed by atoms with Crippen molar-refractivity contribution in [2.45, 2.75) is 96.9 Å². The standard InChI is InChI=1S/C28H36N2O3S/c1-15(2)21-18-13-14-19(21)23-22(18)26(32)30(27(23)33)28-24(17-11-7-4-8-12-20(17)34-28)25(31)29-16-9-5-3-6-10-16/h16,18-19,22-23H,3-14H2,1-2H3,(H,29,31)/t18-,19-,22+,23+/m0/s1. The van der Waals surface area contributed by atoms with Crippen LogP contribution < -0.4 is 10.2 Å². The largest absolute Gasteiger partial charge is 0.349 e. The number of fused-ring (bicyclic) bond motifs is 6. The maximum absolute atomic E-state index is 13.9. The van der Waals surface area contributed by atoms with E-state index in [4.69, 9.17) is 0 Å². The van der Waals surface area contributed by atoms with E-state index in [1.807, 2.05) is 0 Å². The van der Waals surface area contributed by atoms with Gasteiger partial charge in [0.05, 0.1) is 17.4 Å². The van der Waals surface area contributed by atoms with E-state index in [1.165, 1.54) is 33.8 Å². The monoisotopic (exact) mass is 480 g/mol. The number of carbonyl (C=O) groups is 3. The minimum atomic E-state index is -0.229. The smallest absolute Gasteiger partial charge is 0.254 e. The molecule has 6 rings (SSSR count). The molecule has 1 saturated heterocycles. The maximum atomic E-state index is 13.9. The predicted molar refractivity (Wildman–Crippen MR) is 134 cm³/mol.